The Bertz CT molecular complexity index is 465. The van der Waals surface area contributed by atoms with Crippen LogP contribution < -0.4 is 9.47 Å². The predicted molar refractivity (Wildman–Crippen MR) is 82.0 cm³/mol. The van der Waals surface area contributed by atoms with Crippen LogP contribution >= 0.6 is 11.8 Å². The highest BCUT2D eigenvalue weighted by Gasteiger charge is 2.16. The van der Waals surface area contributed by atoms with Gasteiger partial charge < -0.3 is 19.3 Å². The zero-order valence-electron chi connectivity index (χ0n) is 12.0. The molecule has 1 N–H and O–H groups in total. The first-order valence-electron chi connectivity index (χ1n) is 7.26. The normalized spacial score (nSPS) is 19.7. The fourth-order valence-electron chi connectivity index (χ4n) is 2.48. The minimum Gasteiger partial charge on any atom is -0.454 e. The van der Waals surface area contributed by atoms with Gasteiger partial charge in [-0.25, -0.2) is 0 Å². The predicted octanol–water partition coefficient (Wildman–Crippen LogP) is 1.34. The van der Waals surface area contributed by atoms with Gasteiger partial charge >= 0.3 is 0 Å². The number of benzene rings is 1. The van der Waals surface area contributed by atoms with Crippen LogP contribution in [0.2, 0.25) is 0 Å². The fraction of sp³-hybridized carbons (Fsp3) is 0.600. The summed E-state index contributed by atoms with van der Waals surface area (Å²) < 4.78 is 16.2. The number of hydrogen-bond acceptors (Lipinski definition) is 6. The number of β-amino-alcohol motifs (C(OH)–C–C–N with tert-alkyl or cyclic N) is 1. The van der Waals surface area contributed by atoms with Crippen LogP contribution in [0.4, 0.5) is 0 Å². The van der Waals surface area contributed by atoms with Crippen molar-refractivity contribution < 1.29 is 19.3 Å². The summed E-state index contributed by atoms with van der Waals surface area (Å²) >= 11 is 1.97. The number of rotatable bonds is 6. The highest BCUT2D eigenvalue weighted by atomic mass is 32.2. The highest BCUT2D eigenvalue weighted by molar-refractivity contribution is 7.99. The van der Waals surface area contributed by atoms with Crippen LogP contribution in [0.3, 0.4) is 0 Å². The number of fused-ring (bicyclic) bond motifs is 1. The standard InChI is InChI=1S/C15H21NO4S/c17-13(8-16-3-5-21-6-4-16)10-18-9-12-1-2-14-15(7-12)20-11-19-14/h1-2,7,13,17H,3-6,8-11H2/t13-/m0/s1. The molecule has 2 heterocycles. The van der Waals surface area contributed by atoms with Crippen molar-refractivity contribution in [1.82, 2.24) is 4.90 Å². The van der Waals surface area contributed by atoms with Gasteiger partial charge in [0.05, 0.1) is 19.3 Å². The zero-order chi connectivity index (χ0) is 14.5. The summed E-state index contributed by atoms with van der Waals surface area (Å²) in [6, 6.07) is 5.78. The summed E-state index contributed by atoms with van der Waals surface area (Å²) in [6.45, 7) is 3.93. The Hall–Kier alpha value is -0.950. The third-order valence-electron chi connectivity index (χ3n) is 3.59. The molecule has 116 valence electrons. The van der Waals surface area contributed by atoms with E-state index in [2.05, 4.69) is 4.90 Å². The lowest BCUT2D eigenvalue weighted by molar-refractivity contribution is 0.0114. The maximum absolute atomic E-state index is 10.0. The average Bonchev–Trinajstić information content (AvgIpc) is 2.96. The van der Waals surface area contributed by atoms with Crippen molar-refractivity contribution in [2.75, 3.05) is 44.5 Å². The fourth-order valence-corrected chi connectivity index (χ4v) is 3.46. The van der Waals surface area contributed by atoms with E-state index in [0.29, 0.717) is 19.8 Å². The van der Waals surface area contributed by atoms with Gasteiger partial charge in [0.25, 0.3) is 0 Å². The molecule has 1 saturated heterocycles. The molecule has 1 fully saturated rings. The lowest BCUT2D eigenvalue weighted by Gasteiger charge is -2.28. The summed E-state index contributed by atoms with van der Waals surface area (Å²) in [6.07, 6.45) is -0.429. The molecule has 0 aromatic heterocycles. The van der Waals surface area contributed by atoms with Gasteiger partial charge in [-0.2, -0.15) is 11.8 Å². The Labute approximate surface area is 129 Å². The molecule has 5 nitrogen and oxygen atoms in total. The molecule has 3 rings (SSSR count). The summed E-state index contributed by atoms with van der Waals surface area (Å²) in [4.78, 5) is 2.30. The maximum atomic E-state index is 10.0. The van der Waals surface area contributed by atoms with Gasteiger partial charge in [0.1, 0.15) is 0 Å². The first-order chi connectivity index (χ1) is 10.3. The van der Waals surface area contributed by atoms with E-state index < -0.39 is 6.10 Å². The van der Waals surface area contributed by atoms with E-state index in [4.69, 9.17) is 14.2 Å². The molecule has 1 aromatic rings. The van der Waals surface area contributed by atoms with Crippen LogP contribution in [0.1, 0.15) is 5.56 Å². The number of ether oxygens (including phenoxy) is 3. The highest BCUT2D eigenvalue weighted by Crippen LogP contribution is 2.32. The second-order valence-electron chi connectivity index (χ2n) is 5.27. The third-order valence-corrected chi connectivity index (χ3v) is 4.53. The summed E-state index contributed by atoms with van der Waals surface area (Å²) in [5.74, 6) is 3.86. The van der Waals surface area contributed by atoms with Crippen molar-refractivity contribution >= 4 is 11.8 Å². The minimum atomic E-state index is -0.429. The van der Waals surface area contributed by atoms with Crippen LogP contribution in [0.15, 0.2) is 18.2 Å². The lowest BCUT2D eigenvalue weighted by Crippen LogP contribution is -2.39. The van der Waals surface area contributed by atoms with E-state index in [-0.39, 0.29) is 6.79 Å². The van der Waals surface area contributed by atoms with E-state index in [0.717, 1.165) is 41.7 Å². The molecule has 2 aliphatic rings. The maximum Gasteiger partial charge on any atom is 0.231 e. The molecule has 0 saturated carbocycles. The van der Waals surface area contributed by atoms with Crippen LogP contribution in [-0.4, -0.2) is 60.7 Å². The van der Waals surface area contributed by atoms with Gasteiger partial charge in [0.15, 0.2) is 11.5 Å². The monoisotopic (exact) mass is 311 g/mol. The molecule has 21 heavy (non-hydrogen) atoms. The number of hydrogen-bond donors (Lipinski definition) is 1. The van der Waals surface area contributed by atoms with Crippen molar-refractivity contribution in [3.05, 3.63) is 23.8 Å². The van der Waals surface area contributed by atoms with Gasteiger partial charge in [-0.05, 0) is 17.7 Å². The van der Waals surface area contributed by atoms with E-state index in [1.807, 2.05) is 30.0 Å². The van der Waals surface area contributed by atoms with E-state index in [1.54, 1.807) is 0 Å². The zero-order valence-corrected chi connectivity index (χ0v) is 12.8. The first-order valence-corrected chi connectivity index (χ1v) is 8.41. The van der Waals surface area contributed by atoms with Crippen LogP contribution in [0.25, 0.3) is 0 Å². The van der Waals surface area contributed by atoms with Gasteiger partial charge in [-0.3, -0.25) is 4.90 Å². The van der Waals surface area contributed by atoms with Crippen molar-refractivity contribution in [2.45, 2.75) is 12.7 Å². The van der Waals surface area contributed by atoms with Gasteiger partial charge in [0, 0.05) is 31.1 Å². The molecule has 1 aromatic carbocycles. The molecule has 6 heteroatoms. The molecule has 1 atom stereocenters. The van der Waals surface area contributed by atoms with Crippen molar-refractivity contribution in [1.29, 1.82) is 0 Å². The minimum absolute atomic E-state index is 0.284. The van der Waals surface area contributed by atoms with E-state index in [9.17, 15) is 5.11 Å². The van der Waals surface area contributed by atoms with Gasteiger partial charge in [0.2, 0.25) is 6.79 Å². The Morgan fingerprint density at radius 3 is 2.90 bits per heavy atom. The summed E-state index contributed by atoms with van der Waals surface area (Å²) in [5, 5.41) is 10.0. The lowest BCUT2D eigenvalue weighted by atomic mass is 10.2. The SMILES string of the molecule is O[C@H](COCc1ccc2c(c1)OCO2)CN1CCSCC1. The smallest absolute Gasteiger partial charge is 0.231 e. The second-order valence-corrected chi connectivity index (χ2v) is 6.49. The summed E-state index contributed by atoms with van der Waals surface area (Å²) in [7, 11) is 0. The number of thioether (sulfide) groups is 1. The number of aliphatic hydroxyl groups is 1. The van der Waals surface area contributed by atoms with Gasteiger partial charge in [-0.15, -0.1) is 0 Å². The summed E-state index contributed by atoms with van der Waals surface area (Å²) in [5.41, 5.74) is 1.03. The second kappa shape index (κ2) is 7.35. The van der Waals surface area contributed by atoms with Crippen LogP contribution in [-0.2, 0) is 11.3 Å². The molecule has 0 aliphatic carbocycles. The van der Waals surface area contributed by atoms with Gasteiger partial charge in [-0.1, -0.05) is 6.07 Å². The number of nitrogens with zero attached hydrogens (tertiary/aromatic N) is 1. The molecule has 0 bridgehead atoms. The Morgan fingerprint density at radius 1 is 1.24 bits per heavy atom. The topological polar surface area (TPSA) is 51.2 Å². The Morgan fingerprint density at radius 2 is 2.05 bits per heavy atom. The molecule has 0 amide bonds. The van der Waals surface area contributed by atoms with Crippen LogP contribution in [0, 0.1) is 0 Å². The molecule has 0 spiro atoms. The molecule has 2 aliphatic heterocycles. The quantitative estimate of drug-likeness (QED) is 0.856. The van der Waals surface area contributed by atoms with E-state index in [1.165, 1.54) is 0 Å². The molecular weight excluding hydrogens is 290 g/mol. The Balaban J connectivity index is 1.39. The molecule has 0 radical (unpaired) electrons. The first kappa shape index (κ1) is 15.0. The van der Waals surface area contributed by atoms with Crippen molar-refractivity contribution in [3.63, 3.8) is 0 Å². The van der Waals surface area contributed by atoms with E-state index >= 15 is 0 Å². The average molecular weight is 311 g/mol. The van der Waals surface area contributed by atoms with Crippen molar-refractivity contribution in [2.24, 2.45) is 0 Å². The third kappa shape index (κ3) is 4.26. The molecular formula is C15H21NO4S. The number of aliphatic hydroxyl groups excluding tert-OH is 1. The van der Waals surface area contributed by atoms with Crippen LogP contribution in [0.5, 0.6) is 11.5 Å². The Kier molecular flexibility index (Phi) is 5.24. The molecule has 0 unspecified atom stereocenters. The largest absolute Gasteiger partial charge is 0.454 e. The van der Waals surface area contributed by atoms with Crippen molar-refractivity contribution in [3.8, 4) is 11.5 Å².